The Morgan fingerprint density at radius 2 is 1.89 bits per heavy atom. The number of imidazole rings is 2. The molecule has 1 aromatic carbocycles. The molecule has 1 N–H and O–H groups in total. The summed E-state index contributed by atoms with van der Waals surface area (Å²) in [7, 11) is 7.24. The molecule has 0 aliphatic heterocycles. The van der Waals surface area contributed by atoms with Crippen molar-refractivity contribution in [1.29, 1.82) is 0 Å². The van der Waals surface area contributed by atoms with Gasteiger partial charge in [-0.3, -0.25) is 18.7 Å². The number of likely N-dealkylation sites (N-methyl/N-ethyl adjacent to an activating group) is 1. The first kappa shape index (κ1) is 18.1. The Morgan fingerprint density at radius 1 is 1.18 bits per heavy atom. The minimum absolute atomic E-state index is 0.357. The number of H-pyrrole nitrogens is 1. The largest absolute Gasteiger partial charge is 0.497 e. The maximum Gasteiger partial charge on any atom is 0.329 e. The lowest BCUT2D eigenvalue weighted by atomic mass is 10.1. The van der Waals surface area contributed by atoms with E-state index in [2.05, 4.69) is 19.4 Å². The second-order valence-corrected chi connectivity index (χ2v) is 6.97. The van der Waals surface area contributed by atoms with Crippen LogP contribution in [0.2, 0.25) is 0 Å². The smallest absolute Gasteiger partial charge is 0.329 e. The van der Waals surface area contributed by atoms with Gasteiger partial charge in [-0.15, -0.1) is 0 Å². The summed E-state index contributed by atoms with van der Waals surface area (Å²) in [5.74, 6) is 1.39. The number of fused-ring (bicyclic) bond motifs is 3. The van der Waals surface area contributed by atoms with Crippen molar-refractivity contribution >= 4 is 16.9 Å². The third-order valence-corrected chi connectivity index (χ3v) is 4.87. The van der Waals surface area contributed by atoms with Gasteiger partial charge in [0.1, 0.15) is 5.75 Å². The molecular weight excluding hydrogens is 360 g/mol. The van der Waals surface area contributed by atoms with Crippen LogP contribution in [-0.4, -0.2) is 56.2 Å². The molecule has 4 aromatic rings. The molecule has 0 spiro atoms. The van der Waals surface area contributed by atoms with E-state index in [1.807, 2.05) is 44.6 Å². The Labute approximate surface area is 160 Å². The van der Waals surface area contributed by atoms with Crippen LogP contribution in [0.3, 0.4) is 0 Å². The molecule has 0 bridgehead atoms. The first-order valence-corrected chi connectivity index (χ1v) is 8.90. The average Bonchev–Trinajstić information content (AvgIpc) is 3.21. The van der Waals surface area contributed by atoms with Gasteiger partial charge in [0.2, 0.25) is 5.78 Å². The quantitative estimate of drug-likeness (QED) is 0.554. The zero-order chi connectivity index (χ0) is 20.0. The fourth-order valence-corrected chi connectivity index (χ4v) is 3.32. The van der Waals surface area contributed by atoms with E-state index < -0.39 is 11.2 Å². The van der Waals surface area contributed by atoms with Gasteiger partial charge in [0.05, 0.1) is 12.8 Å². The number of nitrogens with zero attached hydrogens (tertiary/aromatic N) is 5. The van der Waals surface area contributed by atoms with Crippen molar-refractivity contribution in [2.45, 2.75) is 6.54 Å². The van der Waals surface area contributed by atoms with E-state index in [-0.39, 0.29) is 0 Å². The lowest BCUT2D eigenvalue weighted by molar-refractivity contribution is 0.387. The summed E-state index contributed by atoms with van der Waals surface area (Å²) >= 11 is 0. The number of aryl methyl sites for hydroxylation is 1. The van der Waals surface area contributed by atoms with Gasteiger partial charge in [-0.1, -0.05) is 0 Å². The van der Waals surface area contributed by atoms with Gasteiger partial charge in [-0.05, 0) is 38.4 Å². The predicted molar refractivity (Wildman–Crippen MR) is 107 cm³/mol. The van der Waals surface area contributed by atoms with Crippen molar-refractivity contribution in [2.75, 3.05) is 27.7 Å². The van der Waals surface area contributed by atoms with Crippen molar-refractivity contribution in [3.05, 3.63) is 51.3 Å². The molecule has 9 nitrogen and oxygen atoms in total. The van der Waals surface area contributed by atoms with Crippen molar-refractivity contribution in [1.82, 2.24) is 28.4 Å². The number of aromatic nitrogens is 5. The standard InChI is InChI=1S/C19H22N6O3/c1-22(2)9-10-24-14(12-5-7-13(28-4)8-6-12)11-25-15-16(20-18(24)25)23(3)19(27)21-17(15)26/h5-8,11H,9-10H2,1-4H3,(H,21,26,27). The molecule has 3 heterocycles. The molecule has 3 aromatic heterocycles. The number of methoxy groups -OCH3 is 1. The number of nitrogens with one attached hydrogen (secondary N) is 1. The van der Waals surface area contributed by atoms with Crippen LogP contribution in [0, 0.1) is 0 Å². The van der Waals surface area contributed by atoms with Crippen LogP contribution in [0.4, 0.5) is 0 Å². The molecule has 0 aliphatic rings. The zero-order valence-electron chi connectivity index (χ0n) is 16.3. The van der Waals surface area contributed by atoms with Crippen molar-refractivity contribution in [2.24, 2.45) is 7.05 Å². The van der Waals surface area contributed by atoms with Crippen molar-refractivity contribution in [3.8, 4) is 17.0 Å². The normalized spacial score (nSPS) is 11.8. The van der Waals surface area contributed by atoms with Crippen LogP contribution >= 0.6 is 0 Å². The summed E-state index contributed by atoms with van der Waals surface area (Å²) in [6.45, 7) is 1.48. The molecule has 28 heavy (non-hydrogen) atoms. The van der Waals surface area contributed by atoms with E-state index >= 15 is 0 Å². The topological polar surface area (TPSA) is 89.6 Å². The van der Waals surface area contributed by atoms with Gasteiger partial charge < -0.3 is 14.2 Å². The molecule has 0 aliphatic carbocycles. The Bertz CT molecular complexity index is 1270. The van der Waals surface area contributed by atoms with Crippen LogP contribution in [0.1, 0.15) is 0 Å². The van der Waals surface area contributed by atoms with Crippen LogP contribution < -0.4 is 16.0 Å². The SMILES string of the molecule is COc1ccc(-c2cn3c4c(=O)[nH]c(=O)n(C)c4nc3n2CCN(C)C)cc1. The van der Waals surface area contributed by atoms with Gasteiger partial charge >= 0.3 is 5.69 Å². The molecule has 0 unspecified atom stereocenters. The van der Waals surface area contributed by atoms with Crippen LogP contribution in [0.15, 0.2) is 40.1 Å². The molecule has 0 saturated carbocycles. The van der Waals surface area contributed by atoms with E-state index in [9.17, 15) is 9.59 Å². The second-order valence-electron chi connectivity index (χ2n) is 6.97. The van der Waals surface area contributed by atoms with Gasteiger partial charge in [0.15, 0.2) is 11.2 Å². The molecule has 0 amide bonds. The Hall–Kier alpha value is -3.33. The van der Waals surface area contributed by atoms with E-state index in [4.69, 9.17) is 4.74 Å². The van der Waals surface area contributed by atoms with Gasteiger partial charge in [0.25, 0.3) is 5.56 Å². The lowest BCUT2D eigenvalue weighted by Crippen LogP contribution is -2.28. The number of hydrogen-bond donors (Lipinski definition) is 1. The highest BCUT2D eigenvalue weighted by Gasteiger charge is 2.19. The first-order valence-electron chi connectivity index (χ1n) is 8.90. The second kappa shape index (κ2) is 6.68. The highest BCUT2D eigenvalue weighted by Crippen LogP contribution is 2.27. The molecule has 0 atom stereocenters. The molecule has 0 saturated heterocycles. The first-order chi connectivity index (χ1) is 13.4. The van der Waals surface area contributed by atoms with E-state index in [1.54, 1.807) is 18.6 Å². The molecule has 4 rings (SSSR count). The number of rotatable bonds is 5. The maximum absolute atomic E-state index is 12.5. The summed E-state index contributed by atoms with van der Waals surface area (Å²) in [6.07, 6.45) is 1.89. The maximum atomic E-state index is 12.5. The number of hydrogen-bond acceptors (Lipinski definition) is 5. The van der Waals surface area contributed by atoms with Crippen LogP contribution in [0.25, 0.3) is 28.2 Å². The fraction of sp³-hybridized carbons (Fsp3) is 0.316. The fourth-order valence-electron chi connectivity index (χ4n) is 3.32. The highest BCUT2D eigenvalue weighted by molar-refractivity contribution is 5.78. The Kier molecular flexibility index (Phi) is 4.31. The van der Waals surface area contributed by atoms with Gasteiger partial charge in [0, 0.05) is 31.9 Å². The Morgan fingerprint density at radius 3 is 2.54 bits per heavy atom. The third-order valence-electron chi connectivity index (χ3n) is 4.87. The number of benzene rings is 1. The monoisotopic (exact) mass is 382 g/mol. The number of ether oxygens (including phenoxy) is 1. The summed E-state index contributed by atoms with van der Waals surface area (Å²) in [5, 5.41) is 0. The molecule has 0 fully saturated rings. The van der Waals surface area contributed by atoms with E-state index in [1.165, 1.54) is 4.57 Å². The van der Waals surface area contributed by atoms with Gasteiger partial charge in [-0.2, -0.15) is 4.98 Å². The lowest BCUT2D eigenvalue weighted by Gasteiger charge is -2.13. The highest BCUT2D eigenvalue weighted by atomic mass is 16.5. The molecule has 9 heteroatoms. The van der Waals surface area contributed by atoms with E-state index in [0.29, 0.717) is 23.5 Å². The summed E-state index contributed by atoms with van der Waals surface area (Å²) < 4.78 is 10.4. The van der Waals surface area contributed by atoms with Gasteiger partial charge in [-0.25, -0.2) is 4.79 Å². The average molecular weight is 382 g/mol. The zero-order valence-corrected chi connectivity index (χ0v) is 16.3. The summed E-state index contributed by atoms with van der Waals surface area (Å²) in [5.41, 5.74) is 1.71. The minimum Gasteiger partial charge on any atom is -0.497 e. The predicted octanol–water partition coefficient (Wildman–Crippen LogP) is 0.913. The van der Waals surface area contributed by atoms with Crippen LogP contribution in [-0.2, 0) is 13.6 Å². The van der Waals surface area contributed by atoms with E-state index in [0.717, 1.165) is 23.6 Å². The van der Waals surface area contributed by atoms with Crippen molar-refractivity contribution in [3.63, 3.8) is 0 Å². The molecular formula is C19H22N6O3. The Balaban J connectivity index is 2.00. The summed E-state index contributed by atoms with van der Waals surface area (Å²) in [6, 6.07) is 7.75. The van der Waals surface area contributed by atoms with Crippen molar-refractivity contribution < 1.29 is 4.74 Å². The summed E-state index contributed by atoms with van der Waals surface area (Å²) in [4.78, 5) is 33.5. The minimum atomic E-state index is -0.478. The third kappa shape index (κ3) is 2.80. The van der Waals surface area contributed by atoms with Crippen LogP contribution in [0.5, 0.6) is 5.75 Å². The molecule has 0 radical (unpaired) electrons. The number of aromatic amines is 1. The molecule has 146 valence electrons.